The average molecular weight is 303 g/mol. The molecular weight excluding hydrogens is 292 g/mol. The number of benzene rings is 2. The minimum Gasteiger partial charge on any atom is -0.507 e. The van der Waals surface area contributed by atoms with Crippen LogP contribution in [0.1, 0.15) is 15.9 Å². The summed E-state index contributed by atoms with van der Waals surface area (Å²) in [4.78, 5) is 11.9. The predicted molar refractivity (Wildman–Crippen MR) is 75.6 cm³/mol. The van der Waals surface area contributed by atoms with Crippen LogP contribution >= 0.6 is 15.9 Å². The fourth-order valence-corrected chi connectivity index (χ4v) is 1.77. The van der Waals surface area contributed by atoms with Crippen molar-refractivity contribution in [3.05, 3.63) is 70.2 Å². The molecule has 0 aromatic heterocycles. The molecule has 18 heavy (non-hydrogen) atoms. The summed E-state index contributed by atoms with van der Waals surface area (Å²) in [5, 5.41) is 9.56. The van der Waals surface area contributed by atoms with Crippen molar-refractivity contribution in [2.75, 3.05) is 0 Å². The number of aromatic hydroxyl groups is 1. The van der Waals surface area contributed by atoms with Gasteiger partial charge in [0.05, 0.1) is 0 Å². The Kier molecular flexibility index (Phi) is 3.95. The topological polar surface area (TPSA) is 37.3 Å². The molecule has 3 heteroatoms. The van der Waals surface area contributed by atoms with E-state index < -0.39 is 0 Å². The Bertz CT molecular complexity index is 586. The highest BCUT2D eigenvalue weighted by Crippen LogP contribution is 2.17. The van der Waals surface area contributed by atoms with Crippen LogP contribution < -0.4 is 0 Å². The molecule has 2 nitrogen and oxygen atoms in total. The van der Waals surface area contributed by atoms with Gasteiger partial charge in [0.25, 0.3) is 0 Å². The Morgan fingerprint density at radius 1 is 1.06 bits per heavy atom. The van der Waals surface area contributed by atoms with Crippen molar-refractivity contribution in [2.24, 2.45) is 0 Å². The summed E-state index contributed by atoms with van der Waals surface area (Å²) in [6.07, 6.45) is 3.07. The van der Waals surface area contributed by atoms with Crippen LogP contribution in [0, 0.1) is 0 Å². The number of ketones is 1. The van der Waals surface area contributed by atoms with Gasteiger partial charge in [0, 0.05) is 15.6 Å². The molecule has 0 unspecified atom stereocenters. The summed E-state index contributed by atoms with van der Waals surface area (Å²) in [6.45, 7) is 0. The zero-order valence-corrected chi connectivity index (χ0v) is 11.1. The lowest BCUT2D eigenvalue weighted by molar-refractivity contribution is 0.104. The van der Waals surface area contributed by atoms with E-state index in [4.69, 9.17) is 0 Å². The molecule has 0 spiro atoms. The highest BCUT2D eigenvalue weighted by Gasteiger charge is 2.01. The molecule has 0 amide bonds. The van der Waals surface area contributed by atoms with E-state index in [1.54, 1.807) is 36.4 Å². The average Bonchev–Trinajstić information content (AvgIpc) is 2.38. The van der Waals surface area contributed by atoms with Gasteiger partial charge in [0.2, 0.25) is 0 Å². The van der Waals surface area contributed by atoms with Crippen molar-refractivity contribution < 1.29 is 9.90 Å². The second-order valence-corrected chi connectivity index (χ2v) is 4.68. The summed E-state index contributed by atoms with van der Waals surface area (Å²) in [7, 11) is 0. The maximum atomic E-state index is 11.9. The van der Waals surface area contributed by atoms with Crippen molar-refractivity contribution in [2.45, 2.75) is 0 Å². The first-order chi connectivity index (χ1) is 8.66. The third-order valence-corrected chi connectivity index (χ3v) is 3.01. The normalized spacial score (nSPS) is 10.7. The molecule has 1 N–H and O–H groups in total. The maximum absolute atomic E-state index is 11.9. The molecule has 2 aromatic rings. The SMILES string of the molecule is O=C(C=Cc1ccccc1O)c1ccc(Br)cc1. The lowest BCUT2D eigenvalue weighted by atomic mass is 10.1. The summed E-state index contributed by atoms with van der Waals surface area (Å²) in [5.74, 6) is 0.0723. The van der Waals surface area contributed by atoms with Gasteiger partial charge < -0.3 is 5.11 Å². The van der Waals surface area contributed by atoms with Crippen LogP contribution in [0.4, 0.5) is 0 Å². The number of halogens is 1. The van der Waals surface area contributed by atoms with Gasteiger partial charge in [-0.1, -0.05) is 34.1 Å². The summed E-state index contributed by atoms with van der Waals surface area (Å²) < 4.78 is 0.934. The number of phenolic OH excluding ortho intramolecular Hbond substituents is 1. The van der Waals surface area contributed by atoms with Gasteiger partial charge in [-0.05, 0) is 42.5 Å². The highest BCUT2D eigenvalue weighted by molar-refractivity contribution is 9.10. The molecule has 0 atom stereocenters. The van der Waals surface area contributed by atoms with Gasteiger partial charge in [0.1, 0.15) is 5.75 Å². The van der Waals surface area contributed by atoms with Crippen LogP contribution in [0.5, 0.6) is 5.75 Å². The van der Waals surface area contributed by atoms with E-state index in [1.165, 1.54) is 6.08 Å². The van der Waals surface area contributed by atoms with Crippen molar-refractivity contribution >= 4 is 27.8 Å². The number of hydrogen-bond donors (Lipinski definition) is 1. The predicted octanol–water partition coefficient (Wildman–Crippen LogP) is 4.05. The maximum Gasteiger partial charge on any atom is 0.185 e. The molecule has 0 aliphatic rings. The zero-order chi connectivity index (χ0) is 13.0. The number of hydrogen-bond acceptors (Lipinski definition) is 2. The first-order valence-corrected chi connectivity index (χ1v) is 6.22. The molecule has 0 radical (unpaired) electrons. The third-order valence-electron chi connectivity index (χ3n) is 2.48. The molecular formula is C15H11BrO2. The van der Waals surface area contributed by atoms with E-state index in [0.717, 1.165) is 4.47 Å². The van der Waals surface area contributed by atoms with Crippen LogP contribution in [0.15, 0.2) is 59.1 Å². The number of phenols is 1. The molecule has 0 aliphatic heterocycles. The second-order valence-electron chi connectivity index (χ2n) is 3.76. The van der Waals surface area contributed by atoms with E-state index in [2.05, 4.69) is 15.9 Å². The van der Waals surface area contributed by atoms with Gasteiger partial charge in [-0.2, -0.15) is 0 Å². The first kappa shape index (κ1) is 12.6. The van der Waals surface area contributed by atoms with E-state index >= 15 is 0 Å². The fraction of sp³-hybridized carbons (Fsp3) is 0. The van der Waals surface area contributed by atoms with E-state index in [9.17, 15) is 9.90 Å². The minimum absolute atomic E-state index is 0.0919. The molecule has 90 valence electrons. The number of rotatable bonds is 3. The van der Waals surface area contributed by atoms with Crippen LogP contribution in [0.25, 0.3) is 6.08 Å². The minimum atomic E-state index is -0.0919. The monoisotopic (exact) mass is 302 g/mol. The number of para-hydroxylation sites is 1. The van der Waals surface area contributed by atoms with Crippen LogP contribution in [-0.4, -0.2) is 10.9 Å². The molecule has 0 saturated carbocycles. The first-order valence-electron chi connectivity index (χ1n) is 5.43. The van der Waals surface area contributed by atoms with Crippen molar-refractivity contribution in [1.82, 2.24) is 0 Å². The smallest absolute Gasteiger partial charge is 0.185 e. The van der Waals surface area contributed by atoms with Crippen LogP contribution in [0.3, 0.4) is 0 Å². The molecule has 0 bridgehead atoms. The zero-order valence-electron chi connectivity index (χ0n) is 9.51. The summed E-state index contributed by atoms with van der Waals surface area (Å²) in [6, 6.07) is 14.0. The second kappa shape index (κ2) is 5.65. The lowest BCUT2D eigenvalue weighted by Crippen LogP contribution is -1.93. The number of carbonyl (C=O) groups is 1. The summed E-state index contributed by atoms with van der Waals surface area (Å²) >= 11 is 3.32. The molecule has 0 saturated heterocycles. The number of carbonyl (C=O) groups excluding carboxylic acids is 1. The van der Waals surface area contributed by atoms with Crippen molar-refractivity contribution in [3.63, 3.8) is 0 Å². The standard InChI is InChI=1S/C15H11BrO2/c16-13-8-5-12(6-9-13)15(18)10-7-11-3-1-2-4-14(11)17/h1-10,17H. The van der Waals surface area contributed by atoms with Crippen LogP contribution in [0.2, 0.25) is 0 Å². The molecule has 2 rings (SSSR count). The fourth-order valence-electron chi connectivity index (χ4n) is 1.50. The molecule has 0 aliphatic carbocycles. The van der Waals surface area contributed by atoms with Crippen LogP contribution in [-0.2, 0) is 0 Å². The Balaban J connectivity index is 2.17. The van der Waals surface area contributed by atoms with Crippen molar-refractivity contribution in [1.29, 1.82) is 0 Å². The third kappa shape index (κ3) is 3.08. The molecule has 2 aromatic carbocycles. The molecule has 0 fully saturated rings. The number of allylic oxidation sites excluding steroid dienone is 1. The Labute approximate surface area is 114 Å². The van der Waals surface area contributed by atoms with Gasteiger partial charge in [-0.3, -0.25) is 4.79 Å². The van der Waals surface area contributed by atoms with E-state index in [-0.39, 0.29) is 11.5 Å². The van der Waals surface area contributed by atoms with Gasteiger partial charge in [-0.25, -0.2) is 0 Å². The lowest BCUT2D eigenvalue weighted by Gasteiger charge is -1.98. The Hall–Kier alpha value is -1.87. The quantitative estimate of drug-likeness (QED) is 0.686. The van der Waals surface area contributed by atoms with E-state index in [1.807, 2.05) is 18.2 Å². The largest absolute Gasteiger partial charge is 0.507 e. The Morgan fingerprint density at radius 2 is 1.72 bits per heavy atom. The van der Waals surface area contributed by atoms with E-state index in [0.29, 0.717) is 11.1 Å². The van der Waals surface area contributed by atoms with Gasteiger partial charge in [-0.15, -0.1) is 0 Å². The summed E-state index contributed by atoms with van der Waals surface area (Å²) in [5.41, 5.74) is 1.24. The highest BCUT2D eigenvalue weighted by atomic mass is 79.9. The molecule has 0 heterocycles. The van der Waals surface area contributed by atoms with Gasteiger partial charge in [0.15, 0.2) is 5.78 Å². The van der Waals surface area contributed by atoms with Crippen molar-refractivity contribution in [3.8, 4) is 5.75 Å². The Morgan fingerprint density at radius 3 is 2.39 bits per heavy atom. The van der Waals surface area contributed by atoms with Gasteiger partial charge >= 0.3 is 0 Å².